The maximum atomic E-state index is 11.3. The molecule has 0 aliphatic heterocycles. The van der Waals surface area contributed by atoms with Crippen molar-refractivity contribution in [3.05, 3.63) is 0 Å². The summed E-state index contributed by atoms with van der Waals surface area (Å²) in [5.74, 6) is 1.08. The van der Waals surface area contributed by atoms with Gasteiger partial charge in [0.1, 0.15) is 0 Å². The van der Waals surface area contributed by atoms with E-state index in [-0.39, 0.29) is 5.91 Å². The van der Waals surface area contributed by atoms with Crippen LogP contribution in [0.15, 0.2) is 0 Å². The van der Waals surface area contributed by atoms with Crippen LogP contribution in [0, 0.1) is 5.92 Å². The zero-order chi connectivity index (χ0) is 10.2. The van der Waals surface area contributed by atoms with Gasteiger partial charge in [0.25, 0.3) is 0 Å². The average Bonchev–Trinajstić information content (AvgIpc) is 2.25. The maximum absolute atomic E-state index is 11.3. The molecule has 1 aliphatic carbocycles. The predicted octanol–water partition coefficient (Wildman–Crippen LogP) is 2.87. The lowest BCUT2D eigenvalue weighted by Crippen LogP contribution is -2.24. The molecule has 82 valence electrons. The highest BCUT2D eigenvalue weighted by Crippen LogP contribution is 2.26. The molecule has 2 heteroatoms. The van der Waals surface area contributed by atoms with Gasteiger partial charge in [0.2, 0.25) is 5.91 Å². The Kier molecular flexibility index (Phi) is 5.65. The van der Waals surface area contributed by atoms with Gasteiger partial charge in [-0.25, -0.2) is 0 Å². The number of rotatable bonds is 5. The molecule has 0 spiro atoms. The van der Waals surface area contributed by atoms with Gasteiger partial charge < -0.3 is 5.32 Å². The van der Waals surface area contributed by atoms with E-state index < -0.39 is 0 Å². The molecule has 1 saturated carbocycles. The first-order valence-electron chi connectivity index (χ1n) is 6.09. The van der Waals surface area contributed by atoms with E-state index in [0.29, 0.717) is 0 Å². The summed E-state index contributed by atoms with van der Waals surface area (Å²) in [6.45, 7) is 2.92. The monoisotopic (exact) mass is 197 g/mol. The molecular weight excluding hydrogens is 174 g/mol. The summed E-state index contributed by atoms with van der Waals surface area (Å²) in [6, 6.07) is 0. The minimum atomic E-state index is 0.248. The molecule has 1 rings (SSSR count). The van der Waals surface area contributed by atoms with Crippen LogP contribution in [-0.2, 0) is 4.79 Å². The van der Waals surface area contributed by atoms with Gasteiger partial charge in [0, 0.05) is 13.0 Å². The fourth-order valence-electron chi connectivity index (χ4n) is 2.16. The van der Waals surface area contributed by atoms with Gasteiger partial charge in [-0.15, -0.1) is 0 Å². The molecule has 0 bridgehead atoms. The van der Waals surface area contributed by atoms with Crippen molar-refractivity contribution in [2.75, 3.05) is 6.54 Å². The van der Waals surface area contributed by atoms with Crippen LogP contribution >= 0.6 is 0 Å². The fourth-order valence-corrected chi connectivity index (χ4v) is 2.16. The Morgan fingerprint density at radius 1 is 1.29 bits per heavy atom. The summed E-state index contributed by atoms with van der Waals surface area (Å²) >= 11 is 0. The van der Waals surface area contributed by atoms with Crippen molar-refractivity contribution in [1.29, 1.82) is 0 Å². The first-order chi connectivity index (χ1) is 6.83. The molecule has 2 nitrogen and oxygen atoms in total. The first-order valence-corrected chi connectivity index (χ1v) is 6.09. The van der Waals surface area contributed by atoms with Gasteiger partial charge in [-0.3, -0.25) is 4.79 Å². The Labute approximate surface area is 87.5 Å². The second-order valence-corrected chi connectivity index (χ2v) is 4.39. The fraction of sp³-hybridized carbons (Fsp3) is 0.917. The average molecular weight is 197 g/mol. The minimum Gasteiger partial charge on any atom is -0.356 e. The van der Waals surface area contributed by atoms with Crippen LogP contribution < -0.4 is 5.32 Å². The number of carbonyl (C=O) groups is 1. The van der Waals surface area contributed by atoms with Gasteiger partial charge in [0.05, 0.1) is 0 Å². The van der Waals surface area contributed by atoms with Crippen LogP contribution in [-0.4, -0.2) is 12.5 Å². The Hall–Kier alpha value is -0.530. The van der Waals surface area contributed by atoms with E-state index in [9.17, 15) is 4.79 Å². The van der Waals surface area contributed by atoms with Crippen molar-refractivity contribution in [3.63, 3.8) is 0 Å². The summed E-state index contributed by atoms with van der Waals surface area (Å²) < 4.78 is 0. The van der Waals surface area contributed by atoms with Crippen molar-refractivity contribution in [3.8, 4) is 0 Å². The molecule has 0 heterocycles. The van der Waals surface area contributed by atoms with Crippen molar-refractivity contribution < 1.29 is 4.79 Å². The third kappa shape index (κ3) is 4.64. The minimum absolute atomic E-state index is 0.248. The number of hydrogen-bond donors (Lipinski definition) is 1. The molecule has 14 heavy (non-hydrogen) atoms. The summed E-state index contributed by atoms with van der Waals surface area (Å²) in [7, 11) is 0. The Morgan fingerprint density at radius 3 is 2.64 bits per heavy atom. The van der Waals surface area contributed by atoms with E-state index in [1.165, 1.54) is 32.1 Å². The third-order valence-corrected chi connectivity index (χ3v) is 3.08. The zero-order valence-electron chi connectivity index (χ0n) is 9.35. The largest absolute Gasteiger partial charge is 0.356 e. The Balaban J connectivity index is 2.03. The van der Waals surface area contributed by atoms with Gasteiger partial charge in [0.15, 0.2) is 0 Å². The van der Waals surface area contributed by atoms with Crippen LogP contribution in [0.5, 0.6) is 0 Å². The second-order valence-electron chi connectivity index (χ2n) is 4.39. The molecule has 0 unspecified atom stereocenters. The number of hydrogen-bond acceptors (Lipinski definition) is 1. The molecule has 0 aromatic heterocycles. The normalized spacial score (nSPS) is 18.1. The highest BCUT2D eigenvalue weighted by Gasteiger charge is 2.14. The molecule has 1 fully saturated rings. The molecule has 0 atom stereocenters. The number of carbonyl (C=O) groups excluding carboxylic acids is 1. The van der Waals surface area contributed by atoms with Crippen LogP contribution in [0.25, 0.3) is 0 Å². The van der Waals surface area contributed by atoms with E-state index >= 15 is 0 Å². The Morgan fingerprint density at radius 2 is 2.00 bits per heavy atom. The Bertz CT molecular complexity index is 162. The molecule has 0 radical (unpaired) electrons. The van der Waals surface area contributed by atoms with Gasteiger partial charge >= 0.3 is 0 Å². The SMILES string of the molecule is CCCNC(=O)CCC1CCCCC1. The number of amides is 1. The molecule has 0 saturated heterocycles. The first kappa shape index (κ1) is 11.5. The third-order valence-electron chi connectivity index (χ3n) is 3.08. The summed E-state index contributed by atoms with van der Waals surface area (Å²) in [5.41, 5.74) is 0. The van der Waals surface area contributed by atoms with Crippen LogP contribution in [0.3, 0.4) is 0 Å². The van der Waals surface area contributed by atoms with E-state index in [2.05, 4.69) is 12.2 Å². The topological polar surface area (TPSA) is 29.1 Å². The number of nitrogens with one attached hydrogen (secondary N) is 1. The lowest BCUT2D eigenvalue weighted by molar-refractivity contribution is -0.121. The van der Waals surface area contributed by atoms with Crippen molar-refractivity contribution in [2.45, 2.75) is 58.3 Å². The molecule has 0 aromatic carbocycles. The van der Waals surface area contributed by atoms with Crippen molar-refractivity contribution in [1.82, 2.24) is 5.32 Å². The zero-order valence-corrected chi connectivity index (χ0v) is 9.35. The summed E-state index contributed by atoms with van der Waals surface area (Å²) in [5, 5.41) is 2.93. The summed E-state index contributed by atoms with van der Waals surface area (Å²) in [6.07, 6.45) is 9.73. The van der Waals surface area contributed by atoms with E-state index in [1.54, 1.807) is 0 Å². The van der Waals surface area contributed by atoms with E-state index in [4.69, 9.17) is 0 Å². The van der Waals surface area contributed by atoms with E-state index in [0.717, 1.165) is 31.7 Å². The standard InChI is InChI=1S/C12H23NO/c1-2-10-13-12(14)9-8-11-6-4-3-5-7-11/h11H,2-10H2,1H3,(H,13,14). The van der Waals surface area contributed by atoms with Crippen molar-refractivity contribution in [2.24, 2.45) is 5.92 Å². The lowest BCUT2D eigenvalue weighted by atomic mass is 9.86. The smallest absolute Gasteiger partial charge is 0.220 e. The molecule has 1 aliphatic rings. The molecular formula is C12H23NO. The lowest BCUT2D eigenvalue weighted by Gasteiger charge is -2.20. The molecule has 0 aromatic rings. The predicted molar refractivity (Wildman–Crippen MR) is 59.1 cm³/mol. The quantitative estimate of drug-likeness (QED) is 0.721. The van der Waals surface area contributed by atoms with Crippen molar-refractivity contribution >= 4 is 5.91 Å². The van der Waals surface area contributed by atoms with Gasteiger partial charge in [-0.05, 0) is 18.8 Å². The van der Waals surface area contributed by atoms with E-state index in [1.807, 2.05) is 0 Å². The van der Waals surface area contributed by atoms with Crippen LogP contribution in [0.2, 0.25) is 0 Å². The molecule has 1 N–H and O–H groups in total. The van der Waals surface area contributed by atoms with Gasteiger partial charge in [-0.1, -0.05) is 39.0 Å². The van der Waals surface area contributed by atoms with Gasteiger partial charge in [-0.2, -0.15) is 0 Å². The highest BCUT2D eigenvalue weighted by atomic mass is 16.1. The second kappa shape index (κ2) is 6.86. The van der Waals surface area contributed by atoms with Crippen LogP contribution in [0.4, 0.5) is 0 Å². The summed E-state index contributed by atoms with van der Waals surface area (Å²) in [4.78, 5) is 11.3. The van der Waals surface area contributed by atoms with Crippen LogP contribution in [0.1, 0.15) is 58.3 Å². The highest BCUT2D eigenvalue weighted by molar-refractivity contribution is 5.75. The molecule has 1 amide bonds. The maximum Gasteiger partial charge on any atom is 0.220 e.